The van der Waals surface area contributed by atoms with Gasteiger partial charge in [-0.1, -0.05) is 20.3 Å². The molecule has 0 N–H and O–H groups in total. The summed E-state index contributed by atoms with van der Waals surface area (Å²) in [6.07, 6.45) is 15.3. The number of carbonyl (C=O) groups is 1. The van der Waals surface area contributed by atoms with Crippen molar-refractivity contribution in [1.29, 1.82) is 5.26 Å². The standard InChI is InChI=1S/C25H35N3O/c1-16-3-5-19-18(11-16)4-6-21-20(19)9-10-25(2)22(21)7-8-23(25)24(29)15-28-14-17(12-26)13-27-28/h13-14,16,18-23H,3-11,15H2,1-2H3/t16-,18?,19?,20+,21?,22-,23+,25?/m0/s1. The van der Waals surface area contributed by atoms with Gasteiger partial charge in [-0.25, -0.2) is 0 Å². The number of rotatable bonds is 3. The van der Waals surface area contributed by atoms with Crippen LogP contribution in [0.4, 0.5) is 0 Å². The summed E-state index contributed by atoms with van der Waals surface area (Å²) in [5.41, 5.74) is 0.713. The minimum absolute atomic E-state index is 0.173. The van der Waals surface area contributed by atoms with Crippen molar-refractivity contribution in [1.82, 2.24) is 9.78 Å². The summed E-state index contributed by atoms with van der Waals surface area (Å²) in [4.78, 5) is 13.3. The molecule has 29 heavy (non-hydrogen) atoms. The van der Waals surface area contributed by atoms with Crippen LogP contribution in [0.5, 0.6) is 0 Å². The number of Topliss-reactive ketones (excluding diaryl/α,β-unsaturated/α-hetero) is 1. The smallest absolute Gasteiger partial charge is 0.157 e. The average molecular weight is 394 g/mol. The van der Waals surface area contributed by atoms with Crippen molar-refractivity contribution in [2.75, 3.05) is 0 Å². The number of ketones is 1. The molecule has 0 aliphatic heterocycles. The highest BCUT2D eigenvalue weighted by molar-refractivity contribution is 5.82. The van der Waals surface area contributed by atoms with Gasteiger partial charge in [0.15, 0.2) is 5.78 Å². The fraction of sp³-hybridized carbons (Fsp3) is 0.800. The lowest BCUT2D eigenvalue weighted by Gasteiger charge is -2.56. The molecule has 0 bridgehead atoms. The predicted octanol–water partition coefficient (Wildman–Crippen LogP) is 5.23. The van der Waals surface area contributed by atoms with Crippen LogP contribution in [0, 0.1) is 58.2 Å². The van der Waals surface area contributed by atoms with E-state index in [0.29, 0.717) is 17.9 Å². The first-order valence-electron chi connectivity index (χ1n) is 11.9. The Morgan fingerprint density at radius 2 is 2.00 bits per heavy atom. The van der Waals surface area contributed by atoms with Gasteiger partial charge < -0.3 is 0 Å². The van der Waals surface area contributed by atoms with Crippen LogP contribution in [0.2, 0.25) is 0 Å². The zero-order valence-corrected chi connectivity index (χ0v) is 18.0. The van der Waals surface area contributed by atoms with Gasteiger partial charge in [0.1, 0.15) is 6.07 Å². The van der Waals surface area contributed by atoms with Gasteiger partial charge in [-0.2, -0.15) is 10.4 Å². The third-order valence-corrected chi connectivity index (χ3v) is 9.69. The number of fused-ring (bicyclic) bond motifs is 5. The first-order chi connectivity index (χ1) is 14.0. The highest BCUT2D eigenvalue weighted by atomic mass is 16.1. The Morgan fingerprint density at radius 3 is 2.79 bits per heavy atom. The van der Waals surface area contributed by atoms with Crippen LogP contribution >= 0.6 is 0 Å². The molecule has 4 aliphatic rings. The highest BCUT2D eigenvalue weighted by Gasteiger charge is 2.58. The second-order valence-corrected chi connectivity index (χ2v) is 11.0. The third kappa shape index (κ3) is 3.16. The van der Waals surface area contributed by atoms with E-state index in [1.165, 1.54) is 51.4 Å². The van der Waals surface area contributed by atoms with E-state index in [1.54, 1.807) is 17.1 Å². The van der Waals surface area contributed by atoms with E-state index >= 15 is 0 Å². The number of carbonyl (C=O) groups excluding carboxylic acids is 1. The second kappa shape index (κ2) is 7.25. The molecular formula is C25H35N3O. The lowest BCUT2D eigenvalue weighted by atomic mass is 9.49. The van der Waals surface area contributed by atoms with Crippen LogP contribution < -0.4 is 0 Å². The van der Waals surface area contributed by atoms with E-state index in [1.807, 2.05) is 0 Å². The van der Waals surface area contributed by atoms with Gasteiger partial charge in [0.2, 0.25) is 0 Å². The molecule has 4 heteroatoms. The van der Waals surface area contributed by atoms with Crippen molar-refractivity contribution in [3.63, 3.8) is 0 Å². The van der Waals surface area contributed by atoms with Gasteiger partial charge in [0.25, 0.3) is 0 Å². The monoisotopic (exact) mass is 393 g/mol. The van der Waals surface area contributed by atoms with Crippen LogP contribution in [0.3, 0.4) is 0 Å². The van der Waals surface area contributed by atoms with Gasteiger partial charge in [0.05, 0.1) is 18.3 Å². The Kier molecular flexibility index (Phi) is 4.84. The summed E-state index contributed by atoms with van der Waals surface area (Å²) in [6, 6.07) is 2.10. The Labute approximate surface area is 175 Å². The zero-order chi connectivity index (χ0) is 20.2. The minimum atomic E-state index is 0.173. The third-order valence-electron chi connectivity index (χ3n) is 9.69. The van der Waals surface area contributed by atoms with E-state index < -0.39 is 0 Å². The first-order valence-corrected chi connectivity index (χ1v) is 11.9. The molecule has 4 nitrogen and oxygen atoms in total. The van der Waals surface area contributed by atoms with Crippen molar-refractivity contribution < 1.29 is 4.79 Å². The van der Waals surface area contributed by atoms with Crippen LogP contribution in [0.1, 0.15) is 77.2 Å². The SMILES string of the molecule is C[C@H]1CCC2C(CCC3[C@@H]2CCC2(C)[C@@H](C(=O)Cn4cc(C#N)cn4)CC[C@@H]32)C1. The van der Waals surface area contributed by atoms with Crippen molar-refractivity contribution in [2.24, 2.45) is 46.8 Å². The summed E-state index contributed by atoms with van der Waals surface area (Å²) < 4.78 is 1.66. The van der Waals surface area contributed by atoms with Gasteiger partial charge in [-0.15, -0.1) is 0 Å². The Balaban J connectivity index is 1.31. The molecule has 0 spiro atoms. The topological polar surface area (TPSA) is 58.7 Å². The number of aromatic nitrogens is 2. The number of nitrogens with zero attached hydrogens (tertiary/aromatic N) is 3. The minimum Gasteiger partial charge on any atom is -0.297 e. The average Bonchev–Trinajstić information content (AvgIpc) is 3.30. The normalized spacial score (nSPS) is 43.7. The van der Waals surface area contributed by atoms with Crippen molar-refractivity contribution >= 4 is 5.78 Å². The molecule has 156 valence electrons. The number of hydrogen-bond donors (Lipinski definition) is 0. The molecule has 4 aliphatic carbocycles. The molecule has 4 saturated carbocycles. The Morgan fingerprint density at radius 1 is 1.17 bits per heavy atom. The van der Waals surface area contributed by atoms with Gasteiger partial charge in [-0.3, -0.25) is 9.48 Å². The lowest BCUT2D eigenvalue weighted by Crippen LogP contribution is -2.49. The number of nitriles is 1. The molecule has 4 fully saturated rings. The Hall–Kier alpha value is -1.63. The quantitative estimate of drug-likeness (QED) is 0.706. The summed E-state index contributed by atoms with van der Waals surface area (Å²) in [5, 5.41) is 13.2. The summed E-state index contributed by atoms with van der Waals surface area (Å²) in [7, 11) is 0. The van der Waals surface area contributed by atoms with E-state index in [4.69, 9.17) is 5.26 Å². The zero-order valence-electron chi connectivity index (χ0n) is 18.0. The fourth-order valence-electron chi connectivity index (χ4n) is 8.39. The summed E-state index contributed by atoms with van der Waals surface area (Å²) in [5.74, 6) is 5.92. The van der Waals surface area contributed by atoms with Gasteiger partial charge in [0, 0.05) is 12.1 Å². The van der Waals surface area contributed by atoms with E-state index in [0.717, 1.165) is 41.9 Å². The first kappa shape index (κ1) is 19.3. The maximum absolute atomic E-state index is 13.3. The summed E-state index contributed by atoms with van der Waals surface area (Å²) >= 11 is 0. The van der Waals surface area contributed by atoms with Crippen LogP contribution in [0.25, 0.3) is 0 Å². The molecule has 0 radical (unpaired) electrons. The molecule has 0 aromatic carbocycles. The maximum atomic E-state index is 13.3. The van der Waals surface area contributed by atoms with Crippen LogP contribution in [-0.4, -0.2) is 15.6 Å². The molecule has 1 heterocycles. The molecule has 0 saturated heterocycles. The highest BCUT2D eigenvalue weighted by Crippen LogP contribution is 2.64. The maximum Gasteiger partial charge on any atom is 0.157 e. The van der Waals surface area contributed by atoms with E-state index in [2.05, 4.69) is 25.0 Å². The second-order valence-electron chi connectivity index (χ2n) is 11.0. The molecule has 4 unspecified atom stereocenters. The van der Waals surface area contributed by atoms with E-state index in [9.17, 15) is 4.79 Å². The Bertz CT molecular complexity index is 822. The molecule has 5 rings (SSSR count). The van der Waals surface area contributed by atoms with Crippen LogP contribution in [0.15, 0.2) is 12.4 Å². The molecule has 1 aromatic heterocycles. The van der Waals surface area contributed by atoms with Crippen molar-refractivity contribution in [3.8, 4) is 6.07 Å². The summed E-state index contributed by atoms with van der Waals surface area (Å²) in [6.45, 7) is 5.21. The molecule has 1 aromatic rings. The largest absolute Gasteiger partial charge is 0.297 e. The predicted molar refractivity (Wildman–Crippen MR) is 112 cm³/mol. The number of hydrogen-bond acceptors (Lipinski definition) is 3. The van der Waals surface area contributed by atoms with Crippen molar-refractivity contribution in [3.05, 3.63) is 18.0 Å². The van der Waals surface area contributed by atoms with Gasteiger partial charge in [-0.05, 0) is 92.3 Å². The molecule has 8 atom stereocenters. The van der Waals surface area contributed by atoms with E-state index in [-0.39, 0.29) is 11.3 Å². The fourth-order valence-corrected chi connectivity index (χ4v) is 8.39. The van der Waals surface area contributed by atoms with Crippen LogP contribution in [-0.2, 0) is 11.3 Å². The molecular weight excluding hydrogens is 358 g/mol. The van der Waals surface area contributed by atoms with Gasteiger partial charge >= 0.3 is 0 Å². The molecule has 0 amide bonds. The lowest BCUT2D eigenvalue weighted by molar-refractivity contribution is -0.131. The van der Waals surface area contributed by atoms with Crippen molar-refractivity contribution in [2.45, 2.75) is 78.2 Å².